The quantitative estimate of drug-likeness (QED) is 0.465. The van der Waals surface area contributed by atoms with Crippen LogP contribution in [0.4, 0.5) is 0 Å². The molecular weight excluding hydrogens is 362 g/mol. The van der Waals surface area contributed by atoms with Crippen LogP contribution in [0.2, 0.25) is 0 Å². The Balaban J connectivity index is 1.37. The number of fused-ring (bicyclic) bond motifs is 2. The summed E-state index contributed by atoms with van der Waals surface area (Å²) in [4.78, 5) is 11.6. The van der Waals surface area contributed by atoms with Gasteiger partial charge < -0.3 is 0 Å². The van der Waals surface area contributed by atoms with Crippen LogP contribution in [0.3, 0.4) is 0 Å². The third kappa shape index (κ3) is 3.34. The molecule has 2 aromatic heterocycles. The molecule has 0 bridgehead atoms. The highest BCUT2D eigenvalue weighted by Crippen LogP contribution is 2.29. The molecule has 1 aliphatic rings. The monoisotopic (exact) mass is 385 g/mol. The lowest BCUT2D eigenvalue weighted by Crippen LogP contribution is -2.29. The van der Waals surface area contributed by atoms with E-state index in [1.165, 1.54) is 27.0 Å². The first-order valence-corrected chi connectivity index (χ1v) is 10.8. The average Bonchev–Trinajstić information content (AvgIpc) is 3.12. The highest BCUT2D eigenvalue weighted by atomic mass is 32.1. The Morgan fingerprint density at radius 2 is 1.82 bits per heavy atom. The summed E-state index contributed by atoms with van der Waals surface area (Å²) in [6, 6.07) is 20.1. The zero-order valence-corrected chi connectivity index (χ0v) is 16.8. The molecule has 0 spiro atoms. The van der Waals surface area contributed by atoms with Crippen LogP contribution in [0.25, 0.3) is 21.5 Å². The van der Waals surface area contributed by atoms with Gasteiger partial charge >= 0.3 is 0 Å². The predicted octanol–water partition coefficient (Wildman–Crippen LogP) is 5.52. The van der Waals surface area contributed by atoms with Crippen molar-refractivity contribution in [1.82, 2.24) is 14.9 Å². The zero-order valence-electron chi connectivity index (χ0n) is 16.0. The summed E-state index contributed by atoms with van der Waals surface area (Å²) in [5.41, 5.74) is 9.62. The summed E-state index contributed by atoms with van der Waals surface area (Å²) in [6.45, 7) is 4.49. The second-order valence-electron chi connectivity index (χ2n) is 7.49. The fourth-order valence-corrected chi connectivity index (χ4v) is 4.83. The van der Waals surface area contributed by atoms with E-state index in [1.807, 2.05) is 17.8 Å². The Labute approximate surface area is 169 Å². The first-order valence-electron chi connectivity index (χ1n) is 9.88. The van der Waals surface area contributed by atoms with E-state index in [0.717, 1.165) is 37.1 Å². The topological polar surface area (TPSA) is 29.0 Å². The third-order valence-electron chi connectivity index (χ3n) is 5.89. The van der Waals surface area contributed by atoms with Gasteiger partial charge in [0.15, 0.2) is 0 Å². The summed E-state index contributed by atoms with van der Waals surface area (Å²) in [5.74, 6) is 0. The number of nitrogens with zero attached hydrogens (tertiary/aromatic N) is 3. The van der Waals surface area contributed by atoms with Crippen molar-refractivity contribution >= 4 is 21.6 Å². The number of thiazole rings is 1. The predicted molar refractivity (Wildman–Crippen MR) is 117 cm³/mol. The summed E-state index contributed by atoms with van der Waals surface area (Å²) < 4.78 is 1.27. The van der Waals surface area contributed by atoms with Gasteiger partial charge in [0, 0.05) is 30.9 Å². The Morgan fingerprint density at radius 3 is 2.68 bits per heavy atom. The first-order chi connectivity index (χ1) is 13.8. The molecule has 3 heterocycles. The average molecular weight is 386 g/mol. The molecule has 2 aromatic carbocycles. The SMILES string of the molecule is C[C@H](c1ccc2scnc2c1)N1CCc2ccc(-c3ccccn3)cc2CC1. The minimum absolute atomic E-state index is 0.399. The Morgan fingerprint density at radius 1 is 0.929 bits per heavy atom. The van der Waals surface area contributed by atoms with Crippen LogP contribution in [0.1, 0.15) is 29.7 Å². The van der Waals surface area contributed by atoms with Gasteiger partial charge in [-0.15, -0.1) is 11.3 Å². The highest BCUT2D eigenvalue weighted by Gasteiger charge is 2.20. The van der Waals surface area contributed by atoms with Gasteiger partial charge in [0.25, 0.3) is 0 Å². The molecule has 140 valence electrons. The lowest BCUT2D eigenvalue weighted by Gasteiger charge is -2.28. The van der Waals surface area contributed by atoms with Crippen LogP contribution < -0.4 is 0 Å². The van der Waals surface area contributed by atoms with Gasteiger partial charge in [0.2, 0.25) is 0 Å². The van der Waals surface area contributed by atoms with E-state index in [9.17, 15) is 0 Å². The van der Waals surface area contributed by atoms with Crippen LogP contribution in [0.15, 0.2) is 66.3 Å². The second kappa shape index (κ2) is 7.46. The van der Waals surface area contributed by atoms with Gasteiger partial charge in [0.05, 0.1) is 21.4 Å². The molecule has 0 aliphatic carbocycles. The van der Waals surface area contributed by atoms with Crippen LogP contribution in [-0.4, -0.2) is 28.0 Å². The molecule has 0 N–H and O–H groups in total. The van der Waals surface area contributed by atoms with Gasteiger partial charge in [-0.05, 0) is 66.8 Å². The molecule has 4 heteroatoms. The number of hydrogen-bond acceptors (Lipinski definition) is 4. The molecule has 0 amide bonds. The van der Waals surface area contributed by atoms with Gasteiger partial charge in [-0.3, -0.25) is 9.88 Å². The maximum atomic E-state index is 4.51. The number of aromatic nitrogens is 2. The summed E-state index contributed by atoms with van der Waals surface area (Å²) in [5, 5.41) is 0. The Kier molecular flexibility index (Phi) is 4.67. The van der Waals surface area contributed by atoms with Gasteiger partial charge in [-0.1, -0.05) is 24.3 Å². The van der Waals surface area contributed by atoms with E-state index < -0.39 is 0 Å². The molecule has 1 aliphatic heterocycles. The minimum atomic E-state index is 0.399. The van der Waals surface area contributed by atoms with E-state index in [0.29, 0.717) is 6.04 Å². The van der Waals surface area contributed by atoms with Crippen molar-refractivity contribution in [2.75, 3.05) is 13.1 Å². The lowest BCUT2D eigenvalue weighted by molar-refractivity contribution is 0.221. The van der Waals surface area contributed by atoms with E-state index in [4.69, 9.17) is 0 Å². The standard InChI is InChI=1S/C24H23N3S/c1-17(19-7-8-24-23(15-19)26-16-28-24)27-12-9-18-5-6-21(14-20(18)10-13-27)22-4-2-3-11-25-22/h2-8,11,14-17H,9-10,12-13H2,1H3/t17-/m1/s1. The zero-order chi connectivity index (χ0) is 18.9. The van der Waals surface area contributed by atoms with Crippen molar-refractivity contribution in [2.24, 2.45) is 0 Å². The van der Waals surface area contributed by atoms with Crippen molar-refractivity contribution in [3.05, 3.63) is 83.0 Å². The van der Waals surface area contributed by atoms with Gasteiger partial charge in [-0.25, -0.2) is 4.98 Å². The molecule has 0 saturated heterocycles. The molecule has 0 unspecified atom stereocenters. The molecule has 0 fully saturated rings. The van der Waals surface area contributed by atoms with E-state index in [2.05, 4.69) is 70.3 Å². The van der Waals surface area contributed by atoms with Crippen molar-refractivity contribution in [1.29, 1.82) is 0 Å². The first kappa shape index (κ1) is 17.5. The molecule has 4 aromatic rings. The van der Waals surface area contributed by atoms with Crippen molar-refractivity contribution in [2.45, 2.75) is 25.8 Å². The second-order valence-corrected chi connectivity index (χ2v) is 8.38. The summed E-state index contributed by atoms with van der Waals surface area (Å²) in [6.07, 6.45) is 4.05. The minimum Gasteiger partial charge on any atom is -0.296 e. The number of pyridine rings is 1. The number of benzene rings is 2. The maximum absolute atomic E-state index is 4.51. The van der Waals surface area contributed by atoms with Crippen LogP contribution in [-0.2, 0) is 12.8 Å². The van der Waals surface area contributed by atoms with Gasteiger partial charge in [0.1, 0.15) is 0 Å². The summed E-state index contributed by atoms with van der Waals surface area (Å²) >= 11 is 1.71. The third-order valence-corrected chi connectivity index (χ3v) is 6.70. The largest absolute Gasteiger partial charge is 0.296 e. The van der Waals surface area contributed by atoms with Crippen LogP contribution >= 0.6 is 11.3 Å². The van der Waals surface area contributed by atoms with Crippen LogP contribution in [0.5, 0.6) is 0 Å². The number of hydrogen-bond donors (Lipinski definition) is 0. The van der Waals surface area contributed by atoms with E-state index >= 15 is 0 Å². The number of rotatable bonds is 3. The Bertz CT molecular complexity index is 1100. The summed E-state index contributed by atoms with van der Waals surface area (Å²) in [7, 11) is 0. The van der Waals surface area contributed by atoms with E-state index in [-0.39, 0.29) is 0 Å². The molecule has 3 nitrogen and oxygen atoms in total. The molecular formula is C24H23N3S. The van der Waals surface area contributed by atoms with Crippen LogP contribution in [0, 0.1) is 0 Å². The molecule has 28 heavy (non-hydrogen) atoms. The fourth-order valence-electron chi connectivity index (χ4n) is 4.17. The molecule has 1 atom stereocenters. The fraction of sp³-hybridized carbons (Fsp3) is 0.250. The van der Waals surface area contributed by atoms with Crippen molar-refractivity contribution < 1.29 is 0 Å². The lowest BCUT2D eigenvalue weighted by atomic mass is 9.98. The van der Waals surface area contributed by atoms with Crippen molar-refractivity contribution in [3.8, 4) is 11.3 Å². The maximum Gasteiger partial charge on any atom is 0.0815 e. The van der Waals surface area contributed by atoms with Crippen molar-refractivity contribution in [3.63, 3.8) is 0 Å². The van der Waals surface area contributed by atoms with E-state index in [1.54, 1.807) is 11.3 Å². The highest BCUT2D eigenvalue weighted by molar-refractivity contribution is 7.16. The smallest absolute Gasteiger partial charge is 0.0815 e. The molecule has 0 radical (unpaired) electrons. The van der Waals surface area contributed by atoms with Gasteiger partial charge in [-0.2, -0.15) is 0 Å². The Hall–Kier alpha value is -2.56. The molecule has 0 saturated carbocycles. The normalized spacial score (nSPS) is 15.9. The molecule has 5 rings (SSSR count).